The number of nitrogens with zero attached hydrogens (tertiary/aromatic N) is 1. The van der Waals surface area contributed by atoms with Crippen LogP contribution >= 0.6 is 0 Å². The molecule has 1 aliphatic heterocycles. The van der Waals surface area contributed by atoms with E-state index in [9.17, 15) is 9.18 Å². The number of ether oxygens (including phenoxy) is 2. The number of carbonyl (C=O) groups excluding carboxylic acids is 1. The number of carbonyl (C=O) groups is 1. The van der Waals surface area contributed by atoms with Gasteiger partial charge in [0.05, 0.1) is 13.7 Å². The normalized spacial score (nSPS) is 19.2. The van der Waals surface area contributed by atoms with Gasteiger partial charge in [-0.15, -0.1) is 0 Å². The Bertz CT molecular complexity index is 741. The van der Waals surface area contributed by atoms with Crippen molar-refractivity contribution in [3.8, 4) is 5.75 Å². The zero-order valence-corrected chi connectivity index (χ0v) is 17.5. The zero-order valence-electron chi connectivity index (χ0n) is 17.5. The maximum Gasteiger partial charge on any atom is 0.236 e. The summed E-state index contributed by atoms with van der Waals surface area (Å²) in [6.07, 6.45) is 3.49. The SMILES string of the molecule is C=C(OC)C1(C(=O)N2CCC(COc3ccc(F)cc3C(C)(C)C)CC2)CC1. The average molecular weight is 390 g/mol. The van der Waals surface area contributed by atoms with Gasteiger partial charge in [-0.3, -0.25) is 4.79 Å². The molecule has 5 heteroatoms. The quantitative estimate of drug-likeness (QED) is 0.663. The van der Waals surface area contributed by atoms with Crippen molar-refractivity contribution in [2.75, 3.05) is 26.8 Å². The number of halogens is 1. The van der Waals surface area contributed by atoms with E-state index in [0.717, 1.165) is 50.1 Å². The second-order valence-corrected chi connectivity index (χ2v) is 9.15. The Morgan fingerprint density at radius 1 is 1.29 bits per heavy atom. The molecule has 28 heavy (non-hydrogen) atoms. The van der Waals surface area contributed by atoms with Crippen molar-refractivity contribution >= 4 is 5.91 Å². The second-order valence-electron chi connectivity index (χ2n) is 9.15. The Balaban J connectivity index is 1.55. The molecule has 0 N–H and O–H groups in total. The maximum absolute atomic E-state index is 13.7. The predicted octanol–water partition coefficient (Wildman–Crippen LogP) is 4.68. The fraction of sp³-hybridized carbons (Fsp3) is 0.609. The van der Waals surface area contributed by atoms with E-state index < -0.39 is 5.41 Å². The van der Waals surface area contributed by atoms with E-state index in [4.69, 9.17) is 9.47 Å². The first kappa shape index (κ1) is 20.7. The Labute approximate surface area is 167 Å². The molecule has 1 saturated heterocycles. The number of hydrogen-bond donors (Lipinski definition) is 0. The number of piperidine rings is 1. The summed E-state index contributed by atoms with van der Waals surface area (Å²) < 4.78 is 25.0. The highest BCUT2D eigenvalue weighted by molar-refractivity contribution is 5.88. The summed E-state index contributed by atoms with van der Waals surface area (Å²) in [6.45, 7) is 12.2. The van der Waals surface area contributed by atoms with Gasteiger partial charge in [0.25, 0.3) is 0 Å². The lowest BCUT2D eigenvalue weighted by Crippen LogP contribution is -2.44. The summed E-state index contributed by atoms with van der Waals surface area (Å²) in [5.74, 6) is 1.65. The van der Waals surface area contributed by atoms with Crippen LogP contribution in [0.15, 0.2) is 30.5 Å². The van der Waals surface area contributed by atoms with E-state index in [1.807, 2.05) is 4.90 Å². The lowest BCUT2D eigenvalue weighted by atomic mass is 9.86. The van der Waals surface area contributed by atoms with Gasteiger partial charge in [-0.2, -0.15) is 0 Å². The van der Waals surface area contributed by atoms with E-state index in [1.54, 1.807) is 19.2 Å². The fourth-order valence-electron chi connectivity index (χ4n) is 3.96. The standard InChI is InChI=1S/C23H32FNO3/c1-16(27-5)23(10-11-23)21(26)25-12-8-17(9-13-25)15-28-20-7-6-18(24)14-19(20)22(2,3)4/h6-7,14,17H,1,8-13,15H2,2-5H3. The van der Waals surface area contributed by atoms with E-state index in [1.165, 1.54) is 6.07 Å². The minimum Gasteiger partial charge on any atom is -0.501 e. The molecule has 0 bridgehead atoms. The van der Waals surface area contributed by atoms with Crippen LogP contribution in [0.3, 0.4) is 0 Å². The molecular formula is C23H32FNO3. The van der Waals surface area contributed by atoms with Gasteiger partial charge >= 0.3 is 0 Å². The Morgan fingerprint density at radius 2 is 1.93 bits per heavy atom. The number of benzene rings is 1. The van der Waals surface area contributed by atoms with Gasteiger partial charge in [0.1, 0.15) is 22.7 Å². The summed E-state index contributed by atoms with van der Waals surface area (Å²) >= 11 is 0. The van der Waals surface area contributed by atoms with Gasteiger partial charge in [0.2, 0.25) is 5.91 Å². The van der Waals surface area contributed by atoms with E-state index in [0.29, 0.717) is 18.3 Å². The first-order valence-corrected chi connectivity index (χ1v) is 10.1. The van der Waals surface area contributed by atoms with Crippen molar-refractivity contribution in [3.05, 3.63) is 41.9 Å². The molecule has 2 fully saturated rings. The van der Waals surface area contributed by atoms with Crippen LogP contribution in [0, 0.1) is 17.2 Å². The van der Waals surface area contributed by atoms with Crippen molar-refractivity contribution in [2.24, 2.45) is 11.3 Å². The van der Waals surface area contributed by atoms with Crippen molar-refractivity contribution in [3.63, 3.8) is 0 Å². The topological polar surface area (TPSA) is 38.8 Å². The summed E-state index contributed by atoms with van der Waals surface area (Å²) in [7, 11) is 1.58. The van der Waals surface area contributed by atoms with E-state index in [2.05, 4.69) is 27.4 Å². The number of methoxy groups -OCH3 is 1. The molecule has 154 valence electrons. The van der Waals surface area contributed by atoms with Crippen molar-refractivity contribution < 1.29 is 18.7 Å². The highest BCUT2D eigenvalue weighted by atomic mass is 19.1. The molecule has 2 aliphatic rings. The number of likely N-dealkylation sites (tertiary alicyclic amines) is 1. The summed E-state index contributed by atoms with van der Waals surface area (Å²) in [4.78, 5) is 14.8. The highest BCUT2D eigenvalue weighted by Crippen LogP contribution is 2.53. The Hall–Kier alpha value is -2.04. The summed E-state index contributed by atoms with van der Waals surface area (Å²) in [6, 6.07) is 4.74. The minimum absolute atomic E-state index is 0.160. The smallest absolute Gasteiger partial charge is 0.236 e. The van der Waals surface area contributed by atoms with Crippen molar-refractivity contribution in [1.82, 2.24) is 4.90 Å². The van der Waals surface area contributed by atoms with Gasteiger partial charge in [-0.1, -0.05) is 27.4 Å². The molecule has 1 aromatic rings. The van der Waals surface area contributed by atoms with Gasteiger partial charge in [-0.05, 0) is 55.2 Å². The molecule has 0 spiro atoms. The molecule has 1 aliphatic carbocycles. The summed E-state index contributed by atoms with van der Waals surface area (Å²) in [5.41, 5.74) is 0.220. The van der Waals surface area contributed by atoms with Crippen LogP contribution in [0.1, 0.15) is 52.0 Å². The van der Waals surface area contributed by atoms with Crippen molar-refractivity contribution in [2.45, 2.75) is 51.9 Å². The molecular weight excluding hydrogens is 357 g/mol. The molecule has 4 nitrogen and oxygen atoms in total. The predicted molar refractivity (Wildman–Crippen MR) is 108 cm³/mol. The van der Waals surface area contributed by atoms with Gasteiger partial charge < -0.3 is 14.4 Å². The lowest BCUT2D eigenvalue weighted by Gasteiger charge is -2.34. The third-order valence-electron chi connectivity index (χ3n) is 6.07. The molecule has 0 unspecified atom stereocenters. The average Bonchev–Trinajstić information content (AvgIpc) is 3.47. The molecule has 1 aromatic carbocycles. The number of hydrogen-bond acceptors (Lipinski definition) is 3. The molecule has 1 saturated carbocycles. The third kappa shape index (κ3) is 4.18. The van der Waals surface area contributed by atoms with Crippen LogP contribution in [0.25, 0.3) is 0 Å². The molecule has 3 rings (SSSR count). The zero-order chi connectivity index (χ0) is 20.5. The highest BCUT2D eigenvalue weighted by Gasteiger charge is 2.55. The Morgan fingerprint density at radius 3 is 2.46 bits per heavy atom. The second kappa shape index (κ2) is 7.76. The van der Waals surface area contributed by atoms with Crippen LogP contribution in [0.2, 0.25) is 0 Å². The maximum atomic E-state index is 13.7. The van der Waals surface area contributed by atoms with Crippen LogP contribution in [-0.2, 0) is 14.9 Å². The van der Waals surface area contributed by atoms with Gasteiger partial charge in [-0.25, -0.2) is 4.39 Å². The van der Waals surface area contributed by atoms with Crippen LogP contribution in [0.5, 0.6) is 5.75 Å². The molecule has 0 atom stereocenters. The van der Waals surface area contributed by atoms with E-state index in [-0.39, 0.29) is 17.1 Å². The van der Waals surface area contributed by atoms with Crippen LogP contribution in [-0.4, -0.2) is 37.6 Å². The minimum atomic E-state index is -0.478. The number of amides is 1. The molecule has 1 amide bonds. The fourth-order valence-corrected chi connectivity index (χ4v) is 3.96. The van der Waals surface area contributed by atoms with Crippen molar-refractivity contribution in [1.29, 1.82) is 0 Å². The molecule has 1 heterocycles. The molecule has 0 radical (unpaired) electrons. The largest absolute Gasteiger partial charge is 0.501 e. The van der Waals surface area contributed by atoms with E-state index >= 15 is 0 Å². The first-order valence-electron chi connectivity index (χ1n) is 10.1. The van der Waals surface area contributed by atoms with Crippen LogP contribution < -0.4 is 4.74 Å². The van der Waals surface area contributed by atoms with Crippen LogP contribution in [0.4, 0.5) is 4.39 Å². The van der Waals surface area contributed by atoms with Gasteiger partial charge in [0, 0.05) is 18.7 Å². The number of rotatable bonds is 6. The summed E-state index contributed by atoms with van der Waals surface area (Å²) in [5, 5.41) is 0. The van der Waals surface area contributed by atoms with Gasteiger partial charge in [0.15, 0.2) is 0 Å². The first-order chi connectivity index (χ1) is 13.2. The molecule has 0 aromatic heterocycles. The monoisotopic (exact) mass is 389 g/mol. The Kier molecular flexibility index (Phi) is 5.74. The third-order valence-corrected chi connectivity index (χ3v) is 6.07. The lowest BCUT2D eigenvalue weighted by molar-refractivity contribution is -0.138.